The molecule has 0 saturated carbocycles. The molecule has 0 radical (unpaired) electrons. The average molecular weight is 433 g/mol. The number of piperidine rings is 1. The Labute approximate surface area is 175 Å². The zero-order valence-electron chi connectivity index (χ0n) is 16.9. The maximum absolute atomic E-state index is 11.8. The SMILES string of the molecule is Cc1nc(OC2CCN(C(=O)O)CC2)cc(N2CCc3cc(S(C)(=O)=O)ccc32)n1. The highest BCUT2D eigenvalue weighted by Gasteiger charge is 2.26. The number of fused-ring (bicyclic) bond motifs is 1. The minimum absolute atomic E-state index is 0.0917. The number of carbonyl (C=O) groups is 1. The normalized spacial score (nSPS) is 17.1. The molecule has 2 aliphatic heterocycles. The van der Waals surface area contributed by atoms with Gasteiger partial charge in [0.2, 0.25) is 5.88 Å². The number of aryl methyl sites for hydroxylation is 1. The van der Waals surface area contributed by atoms with Crippen LogP contribution >= 0.6 is 0 Å². The third kappa shape index (κ3) is 4.18. The average Bonchev–Trinajstić information content (AvgIpc) is 3.10. The van der Waals surface area contributed by atoms with E-state index >= 15 is 0 Å². The minimum Gasteiger partial charge on any atom is -0.474 e. The molecule has 9 nitrogen and oxygen atoms in total. The molecule has 160 valence electrons. The number of carboxylic acid groups (broad SMARTS) is 1. The van der Waals surface area contributed by atoms with Crippen LogP contribution in [-0.4, -0.2) is 66.5 Å². The zero-order valence-corrected chi connectivity index (χ0v) is 17.7. The van der Waals surface area contributed by atoms with Gasteiger partial charge >= 0.3 is 6.09 Å². The van der Waals surface area contributed by atoms with Crippen LogP contribution in [0.15, 0.2) is 29.2 Å². The maximum Gasteiger partial charge on any atom is 0.407 e. The Kier molecular flexibility index (Phi) is 5.27. The van der Waals surface area contributed by atoms with Crippen LogP contribution in [0, 0.1) is 6.92 Å². The van der Waals surface area contributed by atoms with Gasteiger partial charge in [-0.1, -0.05) is 0 Å². The lowest BCUT2D eigenvalue weighted by Crippen LogP contribution is -2.41. The van der Waals surface area contributed by atoms with Crippen molar-refractivity contribution < 1.29 is 23.1 Å². The summed E-state index contributed by atoms with van der Waals surface area (Å²) in [5.41, 5.74) is 1.90. The minimum atomic E-state index is -3.25. The first kappa shape index (κ1) is 20.4. The first-order chi connectivity index (χ1) is 14.2. The van der Waals surface area contributed by atoms with Crippen LogP contribution in [0.1, 0.15) is 24.2 Å². The Balaban J connectivity index is 1.53. The van der Waals surface area contributed by atoms with E-state index in [1.165, 1.54) is 11.2 Å². The summed E-state index contributed by atoms with van der Waals surface area (Å²) in [7, 11) is -3.25. The van der Waals surface area contributed by atoms with Crippen molar-refractivity contribution >= 4 is 27.4 Å². The van der Waals surface area contributed by atoms with Crippen molar-refractivity contribution in [3.8, 4) is 5.88 Å². The van der Waals surface area contributed by atoms with Crippen LogP contribution in [-0.2, 0) is 16.3 Å². The van der Waals surface area contributed by atoms with Gasteiger partial charge in [-0.15, -0.1) is 0 Å². The summed E-state index contributed by atoms with van der Waals surface area (Å²) in [4.78, 5) is 23.7. The summed E-state index contributed by atoms with van der Waals surface area (Å²) in [5.74, 6) is 1.74. The third-order valence-corrected chi connectivity index (χ3v) is 6.56. The Hall–Kier alpha value is -2.88. The van der Waals surface area contributed by atoms with Gasteiger partial charge in [0.25, 0.3) is 0 Å². The third-order valence-electron chi connectivity index (χ3n) is 5.45. The van der Waals surface area contributed by atoms with Crippen molar-refractivity contribution in [2.75, 3.05) is 30.8 Å². The van der Waals surface area contributed by atoms with Crippen LogP contribution < -0.4 is 9.64 Å². The molecule has 30 heavy (non-hydrogen) atoms. The van der Waals surface area contributed by atoms with E-state index in [0.717, 1.165) is 17.7 Å². The monoisotopic (exact) mass is 432 g/mol. The van der Waals surface area contributed by atoms with Gasteiger partial charge in [0.1, 0.15) is 17.7 Å². The predicted molar refractivity (Wildman–Crippen MR) is 110 cm³/mol. The number of ether oxygens (including phenoxy) is 1. The molecule has 0 spiro atoms. The summed E-state index contributed by atoms with van der Waals surface area (Å²) in [6.45, 7) is 3.38. The van der Waals surface area contributed by atoms with E-state index in [2.05, 4.69) is 9.97 Å². The van der Waals surface area contributed by atoms with Crippen LogP contribution in [0.2, 0.25) is 0 Å². The summed E-state index contributed by atoms with van der Waals surface area (Å²) < 4.78 is 29.7. The van der Waals surface area contributed by atoms with E-state index in [0.29, 0.717) is 54.9 Å². The number of amides is 1. The number of likely N-dealkylation sites (tertiary alicyclic amines) is 1. The van der Waals surface area contributed by atoms with Crippen molar-refractivity contribution in [1.29, 1.82) is 0 Å². The van der Waals surface area contributed by atoms with Gasteiger partial charge in [-0.25, -0.2) is 18.2 Å². The smallest absolute Gasteiger partial charge is 0.407 e. The number of benzene rings is 1. The maximum atomic E-state index is 11.8. The van der Waals surface area contributed by atoms with E-state index < -0.39 is 15.9 Å². The lowest BCUT2D eigenvalue weighted by Gasteiger charge is -2.30. The predicted octanol–water partition coefficient (Wildman–Crippen LogP) is 2.40. The van der Waals surface area contributed by atoms with Gasteiger partial charge in [0.15, 0.2) is 9.84 Å². The molecule has 1 aromatic heterocycles. The van der Waals surface area contributed by atoms with Gasteiger partial charge in [0, 0.05) is 50.5 Å². The van der Waals surface area contributed by atoms with E-state index in [1.54, 1.807) is 25.1 Å². The summed E-state index contributed by atoms with van der Waals surface area (Å²) in [6, 6.07) is 6.95. The van der Waals surface area contributed by atoms with E-state index in [9.17, 15) is 13.2 Å². The number of sulfone groups is 1. The highest BCUT2D eigenvalue weighted by Crippen LogP contribution is 2.36. The van der Waals surface area contributed by atoms with E-state index in [4.69, 9.17) is 9.84 Å². The van der Waals surface area contributed by atoms with Gasteiger partial charge in [-0.3, -0.25) is 0 Å². The first-order valence-corrected chi connectivity index (χ1v) is 11.7. The van der Waals surface area contributed by atoms with Crippen molar-refractivity contribution in [2.24, 2.45) is 0 Å². The van der Waals surface area contributed by atoms with Crippen molar-refractivity contribution in [3.63, 3.8) is 0 Å². The Morgan fingerprint density at radius 1 is 1.17 bits per heavy atom. The van der Waals surface area contributed by atoms with Gasteiger partial charge in [-0.2, -0.15) is 4.98 Å². The topological polar surface area (TPSA) is 113 Å². The number of nitrogens with zero attached hydrogens (tertiary/aromatic N) is 4. The molecule has 3 heterocycles. The van der Waals surface area contributed by atoms with Gasteiger partial charge < -0.3 is 19.6 Å². The quantitative estimate of drug-likeness (QED) is 0.784. The highest BCUT2D eigenvalue weighted by molar-refractivity contribution is 7.90. The molecule has 2 aromatic rings. The largest absolute Gasteiger partial charge is 0.474 e. The summed E-state index contributed by atoms with van der Waals surface area (Å²) >= 11 is 0. The van der Waals surface area contributed by atoms with Crippen LogP contribution in [0.3, 0.4) is 0 Å². The lowest BCUT2D eigenvalue weighted by atomic mass is 10.1. The van der Waals surface area contributed by atoms with Crippen LogP contribution in [0.25, 0.3) is 0 Å². The van der Waals surface area contributed by atoms with Crippen LogP contribution in [0.5, 0.6) is 5.88 Å². The number of rotatable bonds is 4. The molecule has 1 amide bonds. The number of aromatic nitrogens is 2. The molecule has 10 heteroatoms. The first-order valence-electron chi connectivity index (χ1n) is 9.81. The van der Waals surface area contributed by atoms with Gasteiger partial charge in [-0.05, 0) is 37.1 Å². The fourth-order valence-corrected chi connectivity index (χ4v) is 4.58. The fourth-order valence-electron chi connectivity index (χ4n) is 3.91. The van der Waals surface area contributed by atoms with E-state index in [-0.39, 0.29) is 6.10 Å². The van der Waals surface area contributed by atoms with Gasteiger partial charge in [0.05, 0.1) is 4.90 Å². The molecule has 0 bridgehead atoms. The second kappa shape index (κ2) is 7.75. The van der Waals surface area contributed by atoms with Crippen molar-refractivity contribution in [3.05, 3.63) is 35.7 Å². The molecule has 0 atom stereocenters. The number of hydrogen-bond acceptors (Lipinski definition) is 7. The molecule has 1 saturated heterocycles. The Morgan fingerprint density at radius 3 is 2.57 bits per heavy atom. The zero-order chi connectivity index (χ0) is 21.5. The molecule has 4 rings (SSSR count). The summed E-state index contributed by atoms with van der Waals surface area (Å²) in [5, 5.41) is 9.08. The highest BCUT2D eigenvalue weighted by atomic mass is 32.2. The van der Waals surface area contributed by atoms with Crippen LogP contribution in [0.4, 0.5) is 16.3 Å². The molecule has 2 aliphatic rings. The molecule has 0 unspecified atom stereocenters. The molecular weight excluding hydrogens is 408 g/mol. The molecule has 1 fully saturated rings. The molecular formula is C20H24N4O5S. The standard InChI is InChI=1S/C20H24N4O5S/c1-13-21-18(12-19(22-13)29-15-6-8-23(9-7-15)20(25)26)24-10-5-14-11-16(30(2,27)28)3-4-17(14)24/h3-4,11-12,15H,5-10H2,1-2H3,(H,25,26). The molecule has 1 N–H and O–H groups in total. The molecule has 1 aromatic carbocycles. The lowest BCUT2D eigenvalue weighted by molar-refractivity contribution is 0.0869. The summed E-state index contributed by atoms with van der Waals surface area (Å²) in [6.07, 6.45) is 2.17. The second-order valence-electron chi connectivity index (χ2n) is 7.66. The molecule has 0 aliphatic carbocycles. The Bertz CT molecular complexity index is 1080. The second-order valence-corrected chi connectivity index (χ2v) is 9.68. The van der Waals surface area contributed by atoms with E-state index in [1.807, 2.05) is 11.0 Å². The fraction of sp³-hybridized carbons (Fsp3) is 0.450. The van der Waals surface area contributed by atoms with Crippen molar-refractivity contribution in [2.45, 2.75) is 37.2 Å². The van der Waals surface area contributed by atoms with Crippen molar-refractivity contribution in [1.82, 2.24) is 14.9 Å². The Morgan fingerprint density at radius 2 is 1.90 bits per heavy atom. The number of anilines is 2. The number of hydrogen-bond donors (Lipinski definition) is 1.